The van der Waals surface area contributed by atoms with Crippen molar-refractivity contribution in [2.75, 3.05) is 0 Å². The molecule has 0 spiro atoms. The Bertz CT molecular complexity index is 2170. The average Bonchev–Trinajstić information content (AvgIpc) is 3.62. The molecule has 0 aliphatic rings. The maximum absolute atomic E-state index is 8.58. The summed E-state index contributed by atoms with van der Waals surface area (Å²) in [6.07, 6.45) is 0.381. The molecule has 0 aliphatic carbocycles. The van der Waals surface area contributed by atoms with Crippen LogP contribution in [0, 0.1) is 31.3 Å². The normalized spacial score (nSPS) is 13.8. The van der Waals surface area contributed by atoms with E-state index < -0.39 is 18.6 Å². The second-order valence-electron chi connectivity index (χ2n) is 10.8. The average molecular weight is 751 g/mol. The van der Waals surface area contributed by atoms with Crippen LogP contribution < -0.4 is 0 Å². The van der Waals surface area contributed by atoms with Crippen molar-refractivity contribution in [2.45, 2.75) is 40.9 Å². The number of rotatable bonds is 3. The van der Waals surface area contributed by atoms with Gasteiger partial charge in [0.05, 0.1) is 5.58 Å². The van der Waals surface area contributed by atoms with E-state index in [1.54, 1.807) is 12.1 Å². The Morgan fingerprint density at radius 3 is 2.52 bits per heavy atom. The van der Waals surface area contributed by atoms with Crippen molar-refractivity contribution in [3.8, 4) is 22.5 Å². The van der Waals surface area contributed by atoms with Crippen LogP contribution in [0.15, 0.2) is 89.5 Å². The van der Waals surface area contributed by atoms with Crippen molar-refractivity contribution >= 4 is 43.6 Å². The number of thiophene rings is 1. The van der Waals surface area contributed by atoms with Gasteiger partial charge < -0.3 is 9.40 Å². The number of furan rings is 1. The number of aryl methyl sites for hydroxylation is 2. The Balaban J connectivity index is 0.000000260. The van der Waals surface area contributed by atoms with Gasteiger partial charge in [-0.25, -0.2) is 4.98 Å². The Morgan fingerprint density at radius 2 is 1.79 bits per heavy atom. The Labute approximate surface area is 271 Å². The molecule has 0 saturated carbocycles. The molecular formula is C36H31IrN3OS-2. The number of pyridine rings is 3. The van der Waals surface area contributed by atoms with Crippen LogP contribution in [0.1, 0.15) is 43.8 Å². The number of hydrogen-bond donors (Lipinski definition) is 0. The van der Waals surface area contributed by atoms with Gasteiger partial charge >= 0.3 is 0 Å². The van der Waals surface area contributed by atoms with Gasteiger partial charge in [0.2, 0.25) is 5.71 Å². The molecule has 42 heavy (non-hydrogen) atoms. The van der Waals surface area contributed by atoms with Gasteiger partial charge in [0, 0.05) is 54.5 Å². The maximum atomic E-state index is 8.58. The van der Waals surface area contributed by atoms with Gasteiger partial charge in [0.15, 0.2) is 0 Å². The molecule has 4 nitrogen and oxygen atoms in total. The van der Waals surface area contributed by atoms with Gasteiger partial charge in [0.25, 0.3) is 0 Å². The van der Waals surface area contributed by atoms with E-state index in [2.05, 4.69) is 28.2 Å². The van der Waals surface area contributed by atoms with E-state index in [0.717, 1.165) is 32.2 Å². The summed E-state index contributed by atoms with van der Waals surface area (Å²) in [7, 11) is 0. The van der Waals surface area contributed by atoms with Crippen LogP contribution in [0.5, 0.6) is 0 Å². The molecular weight excluding hydrogens is 715 g/mol. The van der Waals surface area contributed by atoms with Crippen molar-refractivity contribution < 1.29 is 31.4 Å². The van der Waals surface area contributed by atoms with Gasteiger partial charge in [-0.15, -0.1) is 65.4 Å². The minimum atomic E-state index is -2.32. The Kier molecular flexibility index (Phi) is 6.96. The van der Waals surface area contributed by atoms with Crippen LogP contribution >= 0.6 is 11.3 Å². The zero-order valence-electron chi connectivity index (χ0n) is 28.6. The topological polar surface area (TPSA) is 51.8 Å². The molecule has 0 unspecified atom stereocenters. The summed E-state index contributed by atoms with van der Waals surface area (Å²) in [5, 5.41) is 2.42. The first kappa shape index (κ1) is 23.8. The molecule has 0 saturated heterocycles. The monoisotopic (exact) mass is 751 g/mol. The first-order valence-corrected chi connectivity index (χ1v) is 14.1. The van der Waals surface area contributed by atoms with Gasteiger partial charge in [-0.1, -0.05) is 56.0 Å². The minimum Gasteiger partial charge on any atom is -0.486 e. The molecule has 7 aromatic rings. The Morgan fingerprint density at radius 1 is 0.929 bits per heavy atom. The van der Waals surface area contributed by atoms with Crippen LogP contribution in [-0.4, -0.2) is 15.0 Å². The SMILES string of the molecule is Cc1ccc(-c2[c-]cccc2)nc1.[2H]C([2H])([2H])c1ccc2c(n1)oc1c(-c3ccc4cc(C([2H])([2H])C(C)(C)C)sc4n3)[c-]ccc12.[Ir]. The third-order valence-corrected chi connectivity index (χ3v) is 7.29. The quantitative estimate of drug-likeness (QED) is 0.169. The summed E-state index contributed by atoms with van der Waals surface area (Å²) in [6.45, 7) is 5.38. The predicted molar refractivity (Wildman–Crippen MR) is 170 cm³/mol. The summed E-state index contributed by atoms with van der Waals surface area (Å²) in [6, 6.07) is 30.8. The molecule has 6 heteroatoms. The second-order valence-corrected chi connectivity index (χ2v) is 11.9. The molecule has 0 bridgehead atoms. The molecule has 7 rings (SSSR count). The first-order valence-electron chi connectivity index (χ1n) is 15.8. The molecule has 0 aliphatic heterocycles. The number of nitrogens with zero attached hydrogens (tertiary/aromatic N) is 3. The summed E-state index contributed by atoms with van der Waals surface area (Å²) in [4.78, 5) is 14.7. The van der Waals surface area contributed by atoms with Gasteiger partial charge in [-0.05, 0) is 60.7 Å². The van der Waals surface area contributed by atoms with Gasteiger partial charge in [-0.2, -0.15) is 0 Å². The van der Waals surface area contributed by atoms with E-state index in [0.29, 0.717) is 21.7 Å². The van der Waals surface area contributed by atoms with Crippen LogP contribution in [0.25, 0.3) is 54.8 Å². The van der Waals surface area contributed by atoms with Gasteiger partial charge in [-0.3, -0.25) is 4.98 Å². The standard InChI is InChI=1S/C24H21N2OS.C12H10N.Ir/c1-14-8-10-18-17-6-5-7-19(21(17)27-22(18)25-14)20-11-9-15-12-16(13-24(2,3)4)28-23(15)26-20;1-10-7-8-12(13-9-10)11-5-3-2-4-6-11;/h5-6,8-12H,13H2,1-4H3;2-5,7-9H,1H3;/q2*-1;/i1D3,13D2;;. The molecule has 213 valence electrons. The fourth-order valence-corrected chi connectivity index (χ4v) is 5.62. The molecule has 2 aromatic carbocycles. The predicted octanol–water partition coefficient (Wildman–Crippen LogP) is 9.81. The van der Waals surface area contributed by atoms with Crippen molar-refractivity contribution in [2.24, 2.45) is 5.41 Å². The summed E-state index contributed by atoms with van der Waals surface area (Å²) in [5.74, 6) is 0. The van der Waals surface area contributed by atoms with E-state index in [1.807, 2.05) is 88.5 Å². The first-order chi connectivity index (χ1) is 21.7. The Hall–Kier alpha value is -3.70. The smallest absolute Gasteiger partial charge is 0.216 e. The van der Waals surface area contributed by atoms with Crippen LogP contribution in [0.3, 0.4) is 0 Å². The number of fused-ring (bicyclic) bond motifs is 4. The second kappa shape index (κ2) is 12.3. The molecule has 0 atom stereocenters. The van der Waals surface area contributed by atoms with Crippen LogP contribution in [0.2, 0.25) is 0 Å². The zero-order valence-corrected chi connectivity index (χ0v) is 26.8. The number of hydrogen-bond acceptors (Lipinski definition) is 5. The van der Waals surface area contributed by atoms with Crippen molar-refractivity contribution in [1.29, 1.82) is 0 Å². The summed E-state index contributed by atoms with van der Waals surface area (Å²) in [5.41, 5.74) is 4.73. The molecule has 5 aromatic heterocycles. The molecule has 5 heterocycles. The fourth-order valence-electron chi connectivity index (χ4n) is 4.48. The third-order valence-electron chi connectivity index (χ3n) is 6.33. The molecule has 0 fully saturated rings. The van der Waals surface area contributed by atoms with E-state index in [-0.39, 0.29) is 31.5 Å². The van der Waals surface area contributed by atoms with Crippen molar-refractivity contribution in [1.82, 2.24) is 15.0 Å². The van der Waals surface area contributed by atoms with Crippen LogP contribution in [-0.2, 0) is 26.5 Å². The zero-order chi connectivity index (χ0) is 32.9. The van der Waals surface area contributed by atoms with Gasteiger partial charge in [0.1, 0.15) is 4.83 Å². The molecule has 0 amide bonds. The van der Waals surface area contributed by atoms with E-state index in [1.165, 1.54) is 23.0 Å². The largest absolute Gasteiger partial charge is 0.486 e. The van der Waals surface area contributed by atoms with E-state index in [9.17, 15) is 0 Å². The van der Waals surface area contributed by atoms with Crippen LogP contribution in [0.4, 0.5) is 0 Å². The summed E-state index contributed by atoms with van der Waals surface area (Å²) < 4.78 is 46.0. The van der Waals surface area contributed by atoms with Crippen molar-refractivity contribution in [3.05, 3.63) is 113 Å². The van der Waals surface area contributed by atoms with Crippen molar-refractivity contribution in [3.63, 3.8) is 0 Å². The minimum absolute atomic E-state index is 0. The molecule has 1 radical (unpaired) electrons. The van der Waals surface area contributed by atoms with E-state index in [4.69, 9.17) is 16.3 Å². The van der Waals surface area contributed by atoms with E-state index >= 15 is 0 Å². The molecule has 0 N–H and O–H groups in total. The maximum Gasteiger partial charge on any atom is 0.216 e. The number of aromatic nitrogens is 3. The summed E-state index contributed by atoms with van der Waals surface area (Å²) >= 11 is 1.35. The third kappa shape index (κ3) is 6.52. The number of benzene rings is 2. The fraction of sp³-hybridized carbons (Fsp3) is 0.194.